The Bertz CT molecular complexity index is 1190. The number of nitrogens with two attached hydrogens (primary N) is 1. The predicted octanol–water partition coefficient (Wildman–Crippen LogP) is 4.29. The summed E-state index contributed by atoms with van der Waals surface area (Å²) in [7, 11) is 0. The molecule has 0 spiro atoms. The molecule has 160 valence electrons. The average Bonchev–Trinajstić information content (AvgIpc) is 3.20. The largest absolute Gasteiger partial charge is 0.451 e. The van der Waals surface area contributed by atoms with Crippen molar-refractivity contribution in [2.24, 2.45) is 5.73 Å². The van der Waals surface area contributed by atoms with E-state index in [0.29, 0.717) is 23.7 Å². The molecular weight excluding hydrogens is 432 g/mol. The van der Waals surface area contributed by atoms with Crippen LogP contribution in [-0.4, -0.2) is 32.5 Å². The third-order valence-electron chi connectivity index (χ3n) is 4.45. The van der Waals surface area contributed by atoms with Gasteiger partial charge in [-0.15, -0.1) is 0 Å². The Morgan fingerprint density at radius 1 is 0.968 bits per heavy atom. The van der Waals surface area contributed by atoms with Crippen LogP contribution in [0.3, 0.4) is 0 Å². The number of rotatable bonds is 6. The van der Waals surface area contributed by atoms with E-state index in [9.17, 15) is 17.6 Å². The van der Waals surface area contributed by atoms with Crippen molar-refractivity contribution in [1.82, 2.24) is 19.9 Å². The summed E-state index contributed by atoms with van der Waals surface area (Å²) in [5.74, 6) is -1.71. The van der Waals surface area contributed by atoms with Crippen LogP contribution in [0.5, 0.6) is 0 Å². The number of nitrogens with one attached hydrogen (secondary N) is 1. The lowest BCUT2D eigenvalue weighted by molar-refractivity contribution is -0.145. The third-order valence-corrected chi connectivity index (χ3v) is 5.45. The van der Waals surface area contributed by atoms with E-state index in [4.69, 9.17) is 5.73 Å². The molecule has 6 nitrogen and oxygen atoms in total. The summed E-state index contributed by atoms with van der Waals surface area (Å²) in [4.78, 5) is 15.5. The number of fused-ring (bicyclic) bond motifs is 1. The summed E-state index contributed by atoms with van der Waals surface area (Å²) >= 11 is 1.41. The van der Waals surface area contributed by atoms with E-state index in [1.807, 2.05) is 18.2 Å². The third kappa shape index (κ3) is 5.12. The lowest BCUT2D eigenvalue weighted by atomic mass is 10.1. The summed E-state index contributed by atoms with van der Waals surface area (Å²) in [5.41, 5.74) is 7.48. The molecule has 11 heteroatoms. The number of anilines is 1. The van der Waals surface area contributed by atoms with Crippen LogP contribution in [-0.2, 0) is 12.6 Å². The first-order chi connectivity index (χ1) is 14.8. The van der Waals surface area contributed by atoms with Gasteiger partial charge in [-0.3, -0.25) is 0 Å². The smallest absolute Gasteiger partial charge is 0.360 e. The second-order valence-electron chi connectivity index (χ2n) is 6.86. The van der Waals surface area contributed by atoms with Gasteiger partial charge in [-0.25, -0.2) is 19.9 Å². The Kier molecular flexibility index (Phi) is 5.79. The molecule has 31 heavy (non-hydrogen) atoms. The molecule has 0 bridgehead atoms. The van der Waals surface area contributed by atoms with Crippen LogP contribution >= 0.6 is 11.3 Å². The van der Waals surface area contributed by atoms with Gasteiger partial charge < -0.3 is 11.1 Å². The normalized spacial score (nSPS) is 12.8. The molecule has 0 unspecified atom stereocenters. The second-order valence-corrected chi connectivity index (χ2v) is 7.89. The monoisotopic (exact) mass is 448 g/mol. The SMILES string of the molecule is N[C@@H](CNc1ncc(-c2ccc3cnc(F)cc3c2)s1)Cc1cnc(C(F)(F)F)nc1. The maximum Gasteiger partial charge on any atom is 0.451 e. The summed E-state index contributed by atoms with van der Waals surface area (Å²) < 4.78 is 51.0. The molecule has 0 saturated carbocycles. The maximum atomic E-state index is 13.4. The Labute approximate surface area is 178 Å². The minimum absolute atomic E-state index is 0.313. The minimum Gasteiger partial charge on any atom is -0.360 e. The van der Waals surface area contributed by atoms with Crippen LogP contribution in [0.25, 0.3) is 21.2 Å². The van der Waals surface area contributed by atoms with Gasteiger partial charge in [-0.1, -0.05) is 23.5 Å². The summed E-state index contributed by atoms with van der Waals surface area (Å²) in [6, 6.07) is 6.65. The lowest BCUT2D eigenvalue weighted by Crippen LogP contribution is -2.31. The number of hydrogen-bond acceptors (Lipinski definition) is 7. The van der Waals surface area contributed by atoms with Gasteiger partial charge in [-0.05, 0) is 29.0 Å². The Balaban J connectivity index is 1.37. The molecule has 3 heterocycles. The zero-order valence-corrected chi connectivity index (χ0v) is 16.7. The van der Waals surface area contributed by atoms with E-state index in [0.717, 1.165) is 33.6 Å². The highest BCUT2D eigenvalue weighted by atomic mass is 32.1. The number of thiazole rings is 1. The van der Waals surface area contributed by atoms with Crippen LogP contribution in [0, 0.1) is 5.95 Å². The highest BCUT2D eigenvalue weighted by Gasteiger charge is 2.34. The van der Waals surface area contributed by atoms with Gasteiger partial charge in [0, 0.05) is 48.8 Å². The molecule has 0 aliphatic rings. The fourth-order valence-electron chi connectivity index (χ4n) is 2.96. The summed E-state index contributed by atoms with van der Waals surface area (Å²) in [5, 5.41) is 5.36. The van der Waals surface area contributed by atoms with Crippen molar-refractivity contribution >= 4 is 27.2 Å². The first-order valence-electron chi connectivity index (χ1n) is 9.17. The van der Waals surface area contributed by atoms with Gasteiger partial charge in [0.25, 0.3) is 0 Å². The molecule has 0 radical (unpaired) electrons. The molecule has 0 aliphatic heterocycles. The van der Waals surface area contributed by atoms with Crippen molar-refractivity contribution in [3.05, 3.63) is 66.4 Å². The van der Waals surface area contributed by atoms with Crippen molar-refractivity contribution in [3.8, 4) is 10.4 Å². The Morgan fingerprint density at radius 2 is 1.74 bits per heavy atom. The Hall–Kier alpha value is -3.18. The molecule has 0 aliphatic carbocycles. The van der Waals surface area contributed by atoms with Crippen LogP contribution in [0.15, 0.2) is 49.1 Å². The molecule has 0 fully saturated rings. The molecule has 0 amide bonds. The predicted molar refractivity (Wildman–Crippen MR) is 110 cm³/mol. The van der Waals surface area contributed by atoms with Gasteiger partial charge in [0.1, 0.15) is 0 Å². The number of pyridine rings is 1. The van der Waals surface area contributed by atoms with Gasteiger partial charge in [-0.2, -0.15) is 17.6 Å². The van der Waals surface area contributed by atoms with Crippen LogP contribution < -0.4 is 11.1 Å². The molecule has 3 aromatic heterocycles. The zero-order chi connectivity index (χ0) is 22.0. The van der Waals surface area contributed by atoms with Crippen LogP contribution in [0.1, 0.15) is 11.4 Å². The van der Waals surface area contributed by atoms with Crippen molar-refractivity contribution < 1.29 is 17.6 Å². The second kappa shape index (κ2) is 8.52. The van der Waals surface area contributed by atoms with E-state index in [-0.39, 0.29) is 6.04 Å². The molecular formula is C20H16F4N6S. The van der Waals surface area contributed by atoms with Gasteiger partial charge >= 0.3 is 6.18 Å². The zero-order valence-electron chi connectivity index (χ0n) is 15.9. The van der Waals surface area contributed by atoms with E-state index in [1.165, 1.54) is 23.6 Å². The minimum atomic E-state index is -4.57. The number of halogens is 4. The van der Waals surface area contributed by atoms with Gasteiger partial charge in [0.15, 0.2) is 5.13 Å². The molecule has 4 rings (SSSR count). The van der Waals surface area contributed by atoms with Crippen molar-refractivity contribution in [1.29, 1.82) is 0 Å². The van der Waals surface area contributed by atoms with Crippen molar-refractivity contribution in [3.63, 3.8) is 0 Å². The lowest BCUT2D eigenvalue weighted by Gasteiger charge is -2.12. The fourth-order valence-corrected chi connectivity index (χ4v) is 3.78. The molecule has 0 saturated heterocycles. The number of nitrogens with zero attached hydrogens (tertiary/aromatic N) is 4. The van der Waals surface area contributed by atoms with Crippen molar-refractivity contribution in [2.45, 2.75) is 18.6 Å². The molecule has 3 N–H and O–H groups in total. The summed E-state index contributed by atoms with van der Waals surface area (Å²) in [6.07, 6.45) is 1.21. The van der Waals surface area contributed by atoms with Crippen LogP contribution in [0.2, 0.25) is 0 Å². The summed E-state index contributed by atoms with van der Waals surface area (Å²) in [6.45, 7) is 0.364. The van der Waals surface area contributed by atoms with E-state index in [2.05, 4.69) is 25.3 Å². The van der Waals surface area contributed by atoms with Gasteiger partial charge in [0.2, 0.25) is 11.8 Å². The molecule has 4 aromatic rings. The van der Waals surface area contributed by atoms with E-state index >= 15 is 0 Å². The number of aromatic nitrogens is 4. The maximum absolute atomic E-state index is 13.4. The van der Waals surface area contributed by atoms with Crippen LogP contribution in [0.4, 0.5) is 22.7 Å². The highest BCUT2D eigenvalue weighted by Crippen LogP contribution is 2.31. The molecule has 1 atom stereocenters. The number of alkyl halides is 3. The highest BCUT2D eigenvalue weighted by molar-refractivity contribution is 7.18. The number of hydrogen-bond donors (Lipinski definition) is 2. The van der Waals surface area contributed by atoms with Gasteiger partial charge in [0.05, 0.1) is 4.88 Å². The fraction of sp³-hybridized carbons (Fsp3) is 0.200. The average molecular weight is 448 g/mol. The first kappa shape index (κ1) is 21.1. The van der Waals surface area contributed by atoms with E-state index in [1.54, 1.807) is 6.20 Å². The van der Waals surface area contributed by atoms with E-state index < -0.39 is 17.9 Å². The molecule has 1 aromatic carbocycles. The topological polar surface area (TPSA) is 89.6 Å². The number of benzene rings is 1. The quantitative estimate of drug-likeness (QED) is 0.338. The first-order valence-corrected chi connectivity index (χ1v) is 9.98. The standard InChI is InChI=1S/C20H16F4N6S/c21-17-5-14-4-12(1-2-13(14)8-26-17)16-10-30-19(31-16)29-9-15(25)3-11-6-27-18(28-7-11)20(22,23)24/h1-2,4-8,10,15H,3,9,25H2,(H,29,30)/t15-/m1/s1. The Morgan fingerprint density at radius 3 is 2.48 bits per heavy atom. The van der Waals surface area contributed by atoms with Crippen molar-refractivity contribution in [2.75, 3.05) is 11.9 Å².